The van der Waals surface area contributed by atoms with Gasteiger partial charge < -0.3 is 9.47 Å². The molecule has 0 aliphatic heterocycles. The highest BCUT2D eigenvalue weighted by molar-refractivity contribution is 6.30. The topological polar surface area (TPSA) is 52.6 Å². The Kier molecular flexibility index (Phi) is 5.65. The number of methoxy groups -OCH3 is 2. The van der Waals surface area contributed by atoms with Gasteiger partial charge in [0.15, 0.2) is 0 Å². The predicted octanol–water partition coefficient (Wildman–Crippen LogP) is 2.55. The molecular formula is C13H15ClO4. The smallest absolute Gasteiger partial charge is 0.313 e. The van der Waals surface area contributed by atoms with Gasteiger partial charge in [-0.05, 0) is 24.1 Å². The molecule has 0 aliphatic carbocycles. The van der Waals surface area contributed by atoms with E-state index in [0.29, 0.717) is 11.4 Å². The lowest BCUT2D eigenvalue weighted by molar-refractivity contribution is -0.143. The van der Waals surface area contributed by atoms with E-state index in [4.69, 9.17) is 16.3 Å². The molecule has 4 nitrogen and oxygen atoms in total. The molecule has 18 heavy (non-hydrogen) atoms. The molecule has 0 aliphatic rings. The Morgan fingerprint density at radius 3 is 2.28 bits per heavy atom. The zero-order valence-electron chi connectivity index (χ0n) is 10.3. The minimum absolute atomic E-state index is 0.166. The van der Waals surface area contributed by atoms with Gasteiger partial charge in [-0.2, -0.15) is 0 Å². The molecule has 0 aromatic heterocycles. The van der Waals surface area contributed by atoms with Gasteiger partial charge in [0.1, 0.15) is 0 Å². The van der Waals surface area contributed by atoms with Gasteiger partial charge in [0.2, 0.25) is 0 Å². The number of hydrogen-bond acceptors (Lipinski definition) is 4. The Labute approximate surface area is 111 Å². The van der Waals surface area contributed by atoms with Crippen molar-refractivity contribution in [2.24, 2.45) is 0 Å². The molecule has 1 aromatic carbocycles. The molecule has 0 amide bonds. The number of carbonyl (C=O) groups is 2. The van der Waals surface area contributed by atoms with Crippen LogP contribution in [-0.4, -0.2) is 26.2 Å². The largest absolute Gasteiger partial charge is 0.469 e. The molecule has 1 aromatic rings. The second-order valence-electron chi connectivity index (χ2n) is 3.74. The highest BCUT2D eigenvalue weighted by Crippen LogP contribution is 2.24. The van der Waals surface area contributed by atoms with Crippen LogP contribution < -0.4 is 0 Å². The van der Waals surface area contributed by atoms with E-state index in [-0.39, 0.29) is 18.4 Å². The van der Waals surface area contributed by atoms with Crippen LogP contribution in [0.1, 0.15) is 24.3 Å². The van der Waals surface area contributed by atoms with Crippen LogP contribution in [0.4, 0.5) is 0 Å². The Balaban J connectivity index is 2.81. The average Bonchev–Trinajstić information content (AvgIpc) is 2.40. The molecule has 0 N–H and O–H groups in total. The van der Waals surface area contributed by atoms with E-state index in [9.17, 15) is 9.59 Å². The summed E-state index contributed by atoms with van der Waals surface area (Å²) in [6.07, 6.45) is 0.514. The van der Waals surface area contributed by atoms with Gasteiger partial charge in [-0.15, -0.1) is 0 Å². The fourth-order valence-electron chi connectivity index (χ4n) is 1.62. The lowest BCUT2D eigenvalue weighted by Gasteiger charge is -2.14. The molecule has 0 spiro atoms. The van der Waals surface area contributed by atoms with Crippen LogP contribution in [0.15, 0.2) is 24.3 Å². The molecule has 0 radical (unpaired) electrons. The SMILES string of the molecule is COC(=O)CC[C@H](C(=O)OC)c1ccc(Cl)cc1. The third kappa shape index (κ3) is 4.04. The Morgan fingerprint density at radius 1 is 1.17 bits per heavy atom. The van der Waals surface area contributed by atoms with E-state index >= 15 is 0 Å². The van der Waals surface area contributed by atoms with E-state index < -0.39 is 5.92 Å². The van der Waals surface area contributed by atoms with Crippen molar-refractivity contribution >= 4 is 23.5 Å². The molecule has 0 heterocycles. The van der Waals surface area contributed by atoms with Gasteiger partial charge in [-0.25, -0.2) is 0 Å². The van der Waals surface area contributed by atoms with Crippen LogP contribution in [0.2, 0.25) is 5.02 Å². The van der Waals surface area contributed by atoms with Crippen molar-refractivity contribution in [2.45, 2.75) is 18.8 Å². The maximum Gasteiger partial charge on any atom is 0.313 e. The molecule has 0 saturated carbocycles. The first-order valence-electron chi connectivity index (χ1n) is 5.48. The first-order chi connectivity index (χ1) is 8.58. The minimum atomic E-state index is -0.480. The summed E-state index contributed by atoms with van der Waals surface area (Å²) in [5.74, 6) is -1.20. The molecule has 1 rings (SSSR count). The second kappa shape index (κ2) is 7.01. The Morgan fingerprint density at radius 2 is 1.78 bits per heavy atom. The third-order valence-corrected chi connectivity index (χ3v) is 2.87. The van der Waals surface area contributed by atoms with Gasteiger partial charge in [0.05, 0.1) is 20.1 Å². The monoisotopic (exact) mass is 270 g/mol. The van der Waals surface area contributed by atoms with Gasteiger partial charge >= 0.3 is 11.9 Å². The standard InChI is InChI=1S/C13H15ClO4/c1-17-12(15)8-7-11(13(16)18-2)9-3-5-10(14)6-4-9/h3-6,11H,7-8H2,1-2H3/t11-/m0/s1. The van der Waals surface area contributed by atoms with Crippen LogP contribution in [0, 0.1) is 0 Å². The van der Waals surface area contributed by atoms with E-state index in [2.05, 4.69) is 4.74 Å². The Bertz CT molecular complexity index is 414. The lowest BCUT2D eigenvalue weighted by Crippen LogP contribution is -2.16. The zero-order valence-corrected chi connectivity index (χ0v) is 11.1. The molecule has 0 unspecified atom stereocenters. The van der Waals surface area contributed by atoms with Crippen molar-refractivity contribution in [3.8, 4) is 0 Å². The molecule has 0 bridgehead atoms. The van der Waals surface area contributed by atoms with E-state index in [1.54, 1.807) is 24.3 Å². The number of ether oxygens (including phenoxy) is 2. The number of carbonyl (C=O) groups excluding carboxylic acids is 2. The van der Waals surface area contributed by atoms with Crippen molar-refractivity contribution in [1.82, 2.24) is 0 Å². The van der Waals surface area contributed by atoms with Gasteiger partial charge in [-0.3, -0.25) is 9.59 Å². The number of halogens is 1. The number of esters is 2. The highest BCUT2D eigenvalue weighted by atomic mass is 35.5. The number of benzene rings is 1. The predicted molar refractivity (Wildman–Crippen MR) is 67.5 cm³/mol. The van der Waals surface area contributed by atoms with Crippen molar-refractivity contribution in [2.75, 3.05) is 14.2 Å². The van der Waals surface area contributed by atoms with E-state index in [0.717, 1.165) is 5.56 Å². The van der Waals surface area contributed by atoms with Crippen LogP contribution in [0.25, 0.3) is 0 Å². The Hall–Kier alpha value is -1.55. The maximum atomic E-state index is 11.7. The van der Waals surface area contributed by atoms with Crippen molar-refractivity contribution in [3.63, 3.8) is 0 Å². The molecule has 98 valence electrons. The van der Waals surface area contributed by atoms with Crippen LogP contribution in [-0.2, 0) is 19.1 Å². The first-order valence-corrected chi connectivity index (χ1v) is 5.86. The number of hydrogen-bond donors (Lipinski definition) is 0. The van der Waals surface area contributed by atoms with E-state index in [1.807, 2.05) is 0 Å². The zero-order chi connectivity index (χ0) is 13.5. The molecule has 0 saturated heterocycles. The summed E-state index contributed by atoms with van der Waals surface area (Å²) in [6, 6.07) is 6.90. The molecule has 5 heteroatoms. The quantitative estimate of drug-likeness (QED) is 0.772. The van der Waals surface area contributed by atoms with Gasteiger partial charge in [-0.1, -0.05) is 23.7 Å². The van der Waals surface area contributed by atoms with E-state index in [1.165, 1.54) is 14.2 Å². The van der Waals surface area contributed by atoms with Crippen molar-refractivity contribution in [3.05, 3.63) is 34.9 Å². The summed E-state index contributed by atoms with van der Waals surface area (Å²) >= 11 is 5.79. The summed E-state index contributed by atoms with van der Waals surface area (Å²) < 4.78 is 9.30. The summed E-state index contributed by atoms with van der Waals surface area (Å²) in [5, 5.41) is 0.593. The second-order valence-corrected chi connectivity index (χ2v) is 4.18. The summed E-state index contributed by atoms with van der Waals surface area (Å²) in [6.45, 7) is 0. The number of rotatable bonds is 5. The molecule has 1 atom stereocenters. The molecular weight excluding hydrogens is 256 g/mol. The lowest BCUT2D eigenvalue weighted by atomic mass is 9.94. The first kappa shape index (κ1) is 14.5. The molecule has 0 fully saturated rings. The van der Waals surface area contributed by atoms with Gasteiger partial charge in [0, 0.05) is 11.4 Å². The fourth-order valence-corrected chi connectivity index (χ4v) is 1.75. The van der Waals surface area contributed by atoms with Crippen LogP contribution in [0.3, 0.4) is 0 Å². The van der Waals surface area contributed by atoms with Crippen molar-refractivity contribution in [1.29, 1.82) is 0 Å². The van der Waals surface area contributed by atoms with Crippen molar-refractivity contribution < 1.29 is 19.1 Å². The fraction of sp³-hybridized carbons (Fsp3) is 0.385. The summed E-state index contributed by atoms with van der Waals surface area (Å²) in [5.41, 5.74) is 0.773. The highest BCUT2D eigenvalue weighted by Gasteiger charge is 2.22. The normalized spacial score (nSPS) is 11.7. The third-order valence-electron chi connectivity index (χ3n) is 2.62. The summed E-state index contributed by atoms with van der Waals surface area (Å²) in [7, 11) is 2.64. The van der Waals surface area contributed by atoms with Crippen LogP contribution >= 0.6 is 11.6 Å². The summed E-state index contributed by atoms with van der Waals surface area (Å²) in [4.78, 5) is 22.8. The van der Waals surface area contributed by atoms with Crippen LogP contribution in [0.5, 0.6) is 0 Å². The average molecular weight is 271 g/mol. The maximum absolute atomic E-state index is 11.7. The minimum Gasteiger partial charge on any atom is -0.469 e. The van der Waals surface area contributed by atoms with Gasteiger partial charge in [0.25, 0.3) is 0 Å².